The molecule has 0 saturated carbocycles. The number of likely N-dealkylation sites (tertiary alicyclic amines) is 1. The Hall–Kier alpha value is -1.06. The minimum Gasteiger partial charge on any atom is -0.469 e. The van der Waals surface area contributed by atoms with Crippen molar-refractivity contribution in [2.24, 2.45) is 11.3 Å². The molecule has 1 amide bonds. The first kappa shape index (κ1) is 15.0. The summed E-state index contributed by atoms with van der Waals surface area (Å²) in [6.45, 7) is 7.04. The molecule has 0 radical (unpaired) electrons. The number of hydrogen-bond acceptors (Lipinski definition) is 3. The Bertz CT molecular complexity index is 312. The van der Waals surface area contributed by atoms with Crippen molar-refractivity contribution in [3.05, 3.63) is 0 Å². The summed E-state index contributed by atoms with van der Waals surface area (Å²) in [6, 6.07) is 0. The van der Waals surface area contributed by atoms with Crippen molar-refractivity contribution in [3.8, 4) is 0 Å². The number of methoxy groups -OCH3 is 1. The van der Waals surface area contributed by atoms with Gasteiger partial charge in [-0.1, -0.05) is 13.3 Å². The van der Waals surface area contributed by atoms with Crippen molar-refractivity contribution in [3.63, 3.8) is 0 Å². The summed E-state index contributed by atoms with van der Waals surface area (Å²) in [6.07, 6.45) is 3.75. The molecule has 1 fully saturated rings. The van der Waals surface area contributed by atoms with E-state index in [0.717, 1.165) is 25.8 Å². The maximum atomic E-state index is 12.0. The van der Waals surface area contributed by atoms with Crippen molar-refractivity contribution in [1.29, 1.82) is 0 Å². The maximum absolute atomic E-state index is 12.0. The Labute approximate surface area is 110 Å². The average Bonchev–Trinajstić information content (AvgIpc) is 2.51. The van der Waals surface area contributed by atoms with Gasteiger partial charge in [0.15, 0.2) is 0 Å². The Morgan fingerprint density at radius 2 is 2.11 bits per heavy atom. The molecule has 0 aromatic carbocycles. The third-order valence-corrected chi connectivity index (χ3v) is 3.83. The fourth-order valence-corrected chi connectivity index (χ4v) is 2.49. The lowest BCUT2D eigenvalue weighted by molar-refractivity contribution is -0.153. The first-order valence-electron chi connectivity index (χ1n) is 6.77. The molecule has 0 spiro atoms. The van der Waals surface area contributed by atoms with Gasteiger partial charge in [-0.3, -0.25) is 9.59 Å². The summed E-state index contributed by atoms with van der Waals surface area (Å²) < 4.78 is 4.79. The van der Waals surface area contributed by atoms with Gasteiger partial charge in [-0.05, 0) is 32.6 Å². The third-order valence-electron chi connectivity index (χ3n) is 3.83. The van der Waals surface area contributed by atoms with E-state index in [0.29, 0.717) is 18.9 Å². The normalized spacial score (nSPS) is 21.7. The van der Waals surface area contributed by atoms with E-state index in [-0.39, 0.29) is 11.9 Å². The molecule has 1 saturated heterocycles. The molecule has 1 aliphatic rings. The van der Waals surface area contributed by atoms with Crippen LogP contribution in [-0.4, -0.2) is 37.0 Å². The molecule has 1 heterocycles. The molecule has 0 aliphatic carbocycles. The lowest BCUT2D eigenvalue weighted by Crippen LogP contribution is -2.42. The van der Waals surface area contributed by atoms with Crippen LogP contribution in [0.3, 0.4) is 0 Å². The van der Waals surface area contributed by atoms with Crippen molar-refractivity contribution in [2.75, 3.05) is 20.2 Å². The van der Waals surface area contributed by atoms with E-state index < -0.39 is 5.41 Å². The number of ether oxygens (including phenoxy) is 1. The molecule has 0 aromatic heterocycles. The zero-order chi connectivity index (χ0) is 13.8. The molecule has 1 rings (SSSR count). The van der Waals surface area contributed by atoms with Gasteiger partial charge in [0.05, 0.1) is 12.5 Å². The van der Waals surface area contributed by atoms with Crippen LogP contribution in [0.1, 0.15) is 46.5 Å². The Balaban J connectivity index is 2.65. The second-order valence-corrected chi connectivity index (χ2v) is 5.79. The second-order valence-electron chi connectivity index (χ2n) is 5.79. The average molecular weight is 255 g/mol. The second kappa shape index (κ2) is 6.21. The molecule has 1 aliphatic heterocycles. The largest absolute Gasteiger partial charge is 0.469 e. The summed E-state index contributed by atoms with van der Waals surface area (Å²) in [4.78, 5) is 25.5. The monoisotopic (exact) mass is 255 g/mol. The van der Waals surface area contributed by atoms with E-state index in [1.165, 1.54) is 7.11 Å². The fraction of sp³-hybridized carbons (Fsp3) is 0.857. The Kier molecular flexibility index (Phi) is 5.17. The van der Waals surface area contributed by atoms with Gasteiger partial charge in [0.2, 0.25) is 5.91 Å². The number of carbonyl (C=O) groups excluding carboxylic acids is 2. The van der Waals surface area contributed by atoms with Crippen LogP contribution in [0.25, 0.3) is 0 Å². The van der Waals surface area contributed by atoms with E-state index in [1.807, 2.05) is 18.7 Å². The van der Waals surface area contributed by atoms with Crippen LogP contribution in [0.15, 0.2) is 0 Å². The van der Waals surface area contributed by atoms with Crippen molar-refractivity contribution < 1.29 is 14.3 Å². The summed E-state index contributed by atoms with van der Waals surface area (Å²) >= 11 is 0. The van der Waals surface area contributed by atoms with Gasteiger partial charge < -0.3 is 9.64 Å². The van der Waals surface area contributed by atoms with Gasteiger partial charge in [-0.15, -0.1) is 0 Å². The summed E-state index contributed by atoms with van der Waals surface area (Å²) in [7, 11) is 1.39. The number of rotatable bonds is 4. The molecule has 0 bridgehead atoms. The third kappa shape index (κ3) is 3.72. The molecule has 4 heteroatoms. The zero-order valence-electron chi connectivity index (χ0n) is 12.0. The van der Waals surface area contributed by atoms with Gasteiger partial charge >= 0.3 is 5.97 Å². The van der Waals surface area contributed by atoms with E-state index >= 15 is 0 Å². The Morgan fingerprint density at radius 3 is 2.67 bits per heavy atom. The minimum absolute atomic E-state index is 0.169. The number of amides is 1. The Morgan fingerprint density at radius 1 is 1.44 bits per heavy atom. The predicted molar refractivity (Wildman–Crippen MR) is 70.0 cm³/mol. The molecule has 0 N–H and O–H groups in total. The number of hydrogen-bond donors (Lipinski definition) is 0. The van der Waals surface area contributed by atoms with E-state index in [9.17, 15) is 9.59 Å². The lowest BCUT2D eigenvalue weighted by atomic mass is 9.92. The lowest BCUT2D eigenvalue weighted by Gasteiger charge is -2.30. The smallest absolute Gasteiger partial charge is 0.313 e. The topological polar surface area (TPSA) is 46.6 Å². The van der Waals surface area contributed by atoms with Crippen LogP contribution >= 0.6 is 0 Å². The van der Waals surface area contributed by atoms with Crippen LogP contribution in [-0.2, 0) is 14.3 Å². The SMILES string of the molecule is CCC1CCC(=O)N(CC(C)(C)C(=O)OC)CC1. The first-order valence-corrected chi connectivity index (χ1v) is 6.77. The number of nitrogens with zero attached hydrogens (tertiary/aromatic N) is 1. The van der Waals surface area contributed by atoms with Crippen molar-refractivity contribution in [2.45, 2.75) is 46.5 Å². The van der Waals surface area contributed by atoms with E-state index in [1.54, 1.807) is 0 Å². The standard InChI is InChI=1S/C14H25NO3/c1-5-11-6-7-12(16)15(9-8-11)10-14(2,3)13(17)18-4/h11H,5-10H2,1-4H3. The maximum Gasteiger partial charge on any atom is 0.313 e. The fourth-order valence-electron chi connectivity index (χ4n) is 2.49. The molecule has 1 unspecified atom stereocenters. The molecular formula is C14H25NO3. The highest BCUT2D eigenvalue weighted by molar-refractivity contribution is 5.79. The zero-order valence-corrected chi connectivity index (χ0v) is 12.0. The van der Waals surface area contributed by atoms with Gasteiger partial charge in [-0.2, -0.15) is 0 Å². The van der Waals surface area contributed by atoms with Crippen LogP contribution < -0.4 is 0 Å². The highest BCUT2D eigenvalue weighted by Gasteiger charge is 2.33. The van der Waals surface area contributed by atoms with Crippen LogP contribution in [0, 0.1) is 11.3 Å². The van der Waals surface area contributed by atoms with Crippen molar-refractivity contribution >= 4 is 11.9 Å². The summed E-state index contributed by atoms with van der Waals surface area (Å²) in [5.41, 5.74) is -0.629. The van der Waals surface area contributed by atoms with Gasteiger partial charge in [0, 0.05) is 19.5 Å². The van der Waals surface area contributed by atoms with Gasteiger partial charge in [-0.25, -0.2) is 0 Å². The predicted octanol–water partition coefficient (Wildman–Crippen LogP) is 2.22. The first-order chi connectivity index (χ1) is 8.40. The highest BCUT2D eigenvalue weighted by atomic mass is 16.5. The molecule has 4 nitrogen and oxygen atoms in total. The number of carbonyl (C=O) groups is 2. The quantitative estimate of drug-likeness (QED) is 0.724. The molecule has 104 valence electrons. The van der Waals surface area contributed by atoms with E-state index in [2.05, 4.69) is 6.92 Å². The molecule has 0 aromatic rings. The molecule has 18 heavy (non-hydrogen) atoms. The van der Waals surface area contributed by atoms with Crippen LogP contribution in [0.2, 0.25) is 0 Å². The highest BCUT2D eigenvalue weighted by Crippen LogP contribution is 2.25. The minimum atomic E-state index is -0.629. The van der Waals surface area contributed by atoms with Gasteiger partial charge in [0.25, 0.3) is 0 Å². The molecule has 1 atom stereocenters. The van der Waals surface area contributed by atoms with Gasteiger partial charge in [0.1, 0.15) is 0 Å². The molecular weight excluding hydrogens is 230 g/mol. The summed E-state index contributed by atoms with van der Waals surface area (Å²) in [5, 5.41) is 0. The van der Waals surface area contributed by atoms with Crippen molar-refractivity contribution in [1.82, 2.24) is 4.90 Å². The van der Waals surface area contributed by atoms with E-state index in [4.69, 9.17) is 4.74 Å². The van der Waals surface area contributed by atoms with Crippen LogP contribution in [0.4, 0.5) is 0 Å². The van der Waals surface area contributed by atoms with Crippen LogP contribution in [0.5, 0.6) is 0 Å². The summed E-state index contributed by atoms with van der Waals surface area (Å²) in [5.74, 6) is 0.551. The number of esters is 1.